The van der Waals surface area contributed by atoms with Crippen LogP contribution >= 0.6 is 23.2 Å². The number of nitrogens with one attached hydrogen (secondary N) is 1. The first-order valence-electron chi connectivity index (χ1n) is 4.43. The van der Waals surface area contributed by atoms with E-state index in [1.807, 2.05) is 6.07 Å². The van der Waals surface area contributed by atoms with Gasteiger partial charge >= 0.3 is 0 Å². The maximum absolute atomic E-state index is 8.68. The molecular weight excluding hydrogens is 237 g/mol. The van der Waals surface area contributed by atoms with Gasteiger partial charge in [-0.3, -0.25) is 0 Å². The van der Waals surface area contributed by atoms with Crippen LogP contribution in [0.5, 0.6) is 5.75 Å². The van der Waals surface area contributed by atoms with Gasteiger partial charge in [-0.05, 0) is 6.07 Å². The van der Waals surface area contributed by atoms with Crippen LogP contribution in [0, 0.1) is 0 Å². The van der Waals surface area contributed by atoms with Gasteiger partial charge < -0.3 is 14.8 Å². The average molecular weight is 246 g/mol. The number of aromatic amines is 1. The van der Waals surface area contributed by atoms with Gasteiger partial charge in [0.05, 0.1) is 22.2 Å². The number of benzene rings is 1. The summed E-state index contributed by atoms with van der Waals surface area (Å²) in [6.07, 6.45) is 1.76. The van der Waals surface area contributed by atoms with E-state index >= 15 is 0 Å². The first kappa shape index (κ1) is 10.6. The van der Waals surface area contributed by atoms with Crippen molar-refractivity contribution in [1.29, 1.82) is 0 Å². The molecule has 80 valence electrons. The summed E-state index contributed by atoms with van der Waals surface area (Å²) in [5, 5.41) is 10.5. The van der Waals surface area contributed by atoms with Crippen LogP contribution in [0.4, 0.5) is 0 Å². The van der Waals surface area contributed by atoms with Crippen LogP contribution in [0.3, 0.4) is 0 Å². The minimum Gasteiger partial charge on any atom is -0.490 e. The molecule has 3 nitrogen and oxygen atoms in total. The lowest BCUT2D eigenvalue weighted by Crippen LogP contribution is -2.01. The zero-order valence-corrected chi connectivity index (χ0v) is 9.27. The number of rotatable bonds is 3. The average Bonchev–Trinajstić information content (AvgIpc) is 2.70. The Kier molecular flexibility index (Phi) is 3.05. The van der Waals surface area contributed by atoms with E-state index in [2.05, 4.69) is 4.98 Å². The smallest absolute Gasteiger partial charge is 0.130 e. The number of H-pyrrole nitrogens is 1. The molecule has 1 aromatic carbocycles. The van der Waals surface area contributed by atoms with Crippen LogP contribution in [0.2, 0.25) is 10.0 Å². The van der Waals surface area contributed by atoms with Gasteiger partial charge in [0.25, 0.3) is 0 Å². The molecular formula is C10H9Cl2NO2. The molecule has 0 unspecified atom stereocenters. The number of hydrogen-bond acceptors (Lipinski definition) is 2. The highest BCUT2D eigenvalue weighted by Gasteiger charge is 2.10. The number of aromatic nitrogens is 1. The van der Waals surface area contributed by atoms with Gasteiger partial charge in [0.2, 0.25) is 0 Å². The van der Waals surface area contributed by atoms with Gasteiger partial charge in [-0.25, -0.2) is 0 Å². The molecule has 2 aromatic rings. The molecule has 0 aliphatic heterocycles. The molecule has 1 heterocycles. The summed E-state index contributed by atoms with van der Waals surface area (Å²) in [7, 11) is 0. The van der Waals surface area contributed by atoms with Gasteiger partial charge in [0.15, 0.2) is 0 Å². The second-order valence-corrected chi connectivity index (χ2v) is 3.79. The Balaban J connectivity index is 2.53. The lowest BCUT2D eigenvalue weighted by molar-refractivity contribution is 0.203. The van der Waals surface area contributed by atoms with Gasteiger partial charge in [-0.1, -0.05) is 23.2 Å². The molecule has 0 aliphatic carbocycles. The highest BCUT2D eigenvalue weighted by atomic mass is 35.5. The molecule has 5 heteroatoms. The monoisotopic (exact) mass is 245 g/mol. The van der Waals surface area contributed by atoms with Gasteiger partial charge in [-0.15, -0.1) is 0 Å². The summed E-state index contributed by atoms with van der Waals surface area (Å²) < 4.78 is 5.35. The summed E-state index contributed by atoms with van der Waals surface area (Å²) in [5.41, 5.74) is 0.747. The van der Waals surface area contributed by atoms with Crippen LogP contribution in [0.25, 0.3) is 10.9 Å². The Bertz CT molecular complexity index is 481. The fourth-order valence-electron chi connectivity index (χ4n) is 1.41. The topological polar surface area (TPSA) is 45.2 Å². The summed E-state index contributed by atoms with van der Waals surface area (Å²) in [5.74, 6) is 0.620. The van der Waals surface area contributed by atoms with E-state index in [-0.39, 0.29) is 13.2 Å². The molecule has 0 saturated heterocycles. The Labute approximate surface area is 96.6 Å². The molecule has 2 rings (SSSR count). The van der Waals surface area contributed by atoms with Crippen LogP contribution in [-0.4, -0.2) is 23.3 Å². The molecule has 0 saturated carbocycles. The van der Waals surface area contributed by atoms with E-state index in [4.69, 9.17) is 33.0 Å². The van der Waals surface area contributed by atoms with Crippen LogP contribution < -0.4 is 4.74 Å². The third-order valence-corrected chi connectivity index (χ3v) is 2.84. The molecule has 1 aromatic heterocycles. The van der Waals surface area contributed by atoms with E-state index in [0.29, 0.717) is 15.8 Å². The van der Waals surface area contributed by atoms with E-state index in [1.54, 1.807) is 12.3 Å². The molecule has 0 bridgehead atoms. The van der Waals surface area contributed by atoms with E-state index in [0.717, 1.165) is 10.9 Å². The van der Waals surface area contributed by atoms with Gasteiger partial charge in [0.1, 0.15) is 12.4 Å². The lowest BCUT2D eigenvalue weighted by Gasteiger charge is -2.07. The van der Waals surface area contributed by atoms with E-state index in [9.17, 15) is 0 Å². The van der Waals surface area contributed by atoms with Crippen LogP contribution in [-0.2, 0) is 0 Å². The minimum atomic E-state index is -0.0356. The maximum atomic E-state index is 8.68. The van der Waals surface area contributed by atoms with Crippen molar-refractivity contribution in [3.05, 3.63) is 28.4 Å². The largest absolute Gasteiger partial charge is 0.490 e. The zero-order valence-electron chi connectivity index (χ0n) is 7.76. The molecule has 0 atom stereocenters. The van der Waals surface area contributed by atoms with Crippen molar-refractivity contribution >= 4 is 34.1 Å². The summed E-state index contributed by atoms with van der Waals surface area (Å²) in [6, 6.07) is 3.50. The highest BCUT2D eigenvalue weighted by Crippen LogP contribution is 2.36. The Morgan fingerprint density at radius 1 is 1.40 bits per heavy atom. The fraction of sp³-hybridized carbons (Fsp3) is 0.200. The predicted molar refractivity (Wildman–Crippen MR) is 60.9 cm³/mol. The maximum Gasteiger partial charge on any atom is 0.130 e. The summed E-state index contributed by atoms with van der Waals surface area (Å²) >= 11 is 11.9. The Hall–Kier alpha value is -0.900. The fourth-order valence-corrected chi connectivity index (χ4v) is 1.81. The molecule has 0 fully saturated rings. The van der Waals surface area contributed by atoms with E-state index in [1.165, 1.54) is 0 Å². The molecule has 0 radical (unpaired) electrons. The number of aliphatic hydroxyl groups excluding tert-OH is 1. The number of hydrogen-bond donors (Lipinski definition) is 2. The SMILES string of the molecule is OCCOc1cc(Cl)c(Cl)c2[nH]ccc12. The second-order valence-electron chi connectivity index (χ2n) is 3.01. The Morgan fingerprint density at radius 2 is 2.20 bits per heavy atom. The zero-order chi connectivity index (χ0) is 10.8. The predicted octanol–water partition coefficient (Wildman–Crippen LogP) is 2.85. The van der Waals surface area contributed by atoms with Crippen molar-refractivity contribution in [2.75, 3.05) is 13.2 Å². The number of ether oxygens (including phenoxy) is 1. The molecule has 0 spiro atoms. The van der Waals surface area contributed by atoms with Crippen molar-refractivity contribution in [2.24, 2.45) is 0 Å². The molecule has 0 aliphatic rings. The van der Waals surface area contributed by atoms with Gasteiger partial charge in [-0.2, -0.15) is 0 Å². The summed E-state index contributed by atoms with van der Waals surface area (Å²) in [4.78, 5) is 2.99. The normalized spacial score (nSPS) is 10.9. The third kappa shape index (κ3) is 1.91. The first-order valence-corrected chi connectivity index (χ1v) is 5.18. The number of fused-ring (bicyclic) bond motifs is 1. The van der Waals surface area contributed by atoms with Crippen LogP contribution in [0.15, 0.2) is 18.3 Å². The van der Waals surface area contributed by atoms with Crippen molar-refractivity contribution < 1.29 is 9.84 Å². The van der Waals surface area contributed by atoms with E-state index < -0.39 is 0 Å². The minimum absolute atomic E-state index is 0.0356. The van der Waals surface area contributed by atoms with Gasteiger partial charge in [0, 0.05) is 17.6 Å². The van der Waals surface area contributed by atoms with Crippen LogP contribution in [0.1, 0.15) is 0 Å². The standard InChI is InChI=1S/C10H9Cl2NO2/c11-7-5-8(15-4-3-14)6-1-2-13-10(6)9(7)12/h1-2,5,13-14H,3-4H2. The quantitative estimate of drug-likeness (QED) is 0.874. The molecule has 15 heavy (non-hydrogen) atoms. The summed E-state index contributed by atoms with van der Waals surface area (Å²) in [6.45, 7) is 0.199. The third-order valence-electron chi connectivity index (χ3n) is 2.05. The number of halogens is 2. The first-order chi connectivity index (χ1) is 7.24. The Morgan fingerprint density at radius 3 is 2.93 bits per heavy atom. The van der Waals surface area contributed by atoms with Crippen molar-refractivity contribution in [2.45, 2.75) is 0 Å². The second kappa shape index (κ2) is 4.31. The van der Waals surface area contributed by atoms with Crippen molar-refractivity contribution in [3.63, 3.8) is 0 Å². The molecule has 2 N–H and O–H groups in total. The van der Waals surface area contributed by atoms with Crippen molar-refractivity contribution in [3.8, 4) is 5.75 Å². The number of aliphatic hydroxyl groups is 1. The molecule has 0 amide bonds. The van der Waals surface area contributed by atoms with Crippen molar-refractivity contribution in [1.82, 2.24) is 4.98 Å². The lowest BCUT2D eigenvalue weighted by atomic mass is 10.2. The highest BCUT2D eigenvalue weighted by molar-refractivity contribution is 6.45.